The molecule has 0 atom stereocenters. The predicted octanol–water partition coefficient (Wildman–Crippen LogP) is 2.08. The first-order valence-corrected chi connectivity index (χ1v) is 7.54. The molecule has 4 nitrogen and oxygen atoms in total. The minimum Gasteiger partial charge on any atom is -0.393 e. The first kappa shape index (κ1) is 17.6. The number of benzene rings is 1. The van der Waals surface area contributed by atoms with E-state index in [-0.39, 0.29) is 5.91 Å². The second-order valence-electron chi connectivity index (χ2n) is 5.08. The van der Waals surface area contributed by atoms with Crippen molar-refractivity contribution in [3.8, 4) is 0 Å². The monoisotopic (exact) mass is 308 g/mol. The highest BCUT2D eigenvalue weighted by Crippen LogP contribution is 2.07. The fourth-order valence-corrected chi connectivity index (χ4v) is 2.06. The van der Waals surface area contributed by atoms with E-state index in [9.17, 15) is 4.79 Å². The lowest BCUT2D eigenvalue weighted by Gasteiger charge is -2.22. The molecule has 0 unspecified atom stereocenters. The van der Waals surface area contributed by atoms with Crippen LogP contribution in [0, 0.1) is 6.92 Å². The lowest BCUT2D eigenvalue weighted by atomic mass is 10.1. The molecule has 5 heteroatoms. The summed E-state index contributed by atoms with van der Waals surface area (Å²) in [7, 11) is 1.63. The number of carbonyl (C=O) groups is 1. The third-order valence-electron chi connectivity index (χ3n) is 3.29. The first-order chi connectivity index (χ1) is 10.0. The predicted molar refractivity (Wildman–Crippen MR) is 89.4 cm³/mol. The average molecular weight is 308 g/mol. The Labute approximate surface area is 132 Å². The Hall–Kier alpha value is -1.46. The van der Waals surface area contributed by atoms with Crippen molar-refractivity contribution >= 4 is 23.1 Å². The maximum Gasteiger partial charge on any atom is 0.222 e. The molecule has 2 N–H and O–H groups in total. The molecule has 0 saturated carbocycles. The lowest BCUT2D eigenvalue weighted by molar-refractivity contribution is -0.131. The average Bonchev–Trinajstić information content (AvgIpc) is 2.46. The smallest absolute Gasteiger partial charge is 0.222 e. The van der Waals surface area contributed by atoms with Gasteiger partial charge in [0.2, 0.25) is 5.91 Å². The Kier molecular flexibility index (Phi) is 7.93. The number of ether oxygens (including phenoxy) is 1. The van der Waals surface area contributed by atoms with E-state index in [0.29, 0.717) is 37.5 Å². The number of thiocarbonyl (C=S) groups is 1. The van der Waals surface area contributed by atoms with Crippen molar-refractivity contribution in [1.82, 2.24) is 4.90 Å². The molecule has 1 amide bonds. The van der Waals surface area contributed by atoms with E-state index in [1.807, 2.05) is 0 Å². The normalized spacial score (nSPS) is 10.4. The van der Waals surface area contributed by atoms with Gasteiger partial charge in [-0.25, -0.2) is 0 Å². The molecule has 0 saturated heterocycles. The number of rotatable bonds is 9. The van der Waals surface area contributed by atoms with Crippen LogP contribution in [0.3, 0.4) is 0 Å². The number of amides is 1. The van der Waals surface area contributed by atoms with Crippen LogP contribution in [0.4, 0.5) is 0 Å². The maximum absolute atomic E-state index is 12.3. The number of nitrogens with zero attached hydrogens (tertiary/aromatic N) is 1. The van der Waals surface area contributed by atoms with E-state index in [0.717, 1.165) is 6.42 Å². The molecule has 1 rings (SSSR count). The fraction of sp³-hybridized carbons (Fsp3) is 0.500. The second-order valence-corrected chi connectivity index (χ2v) is 5.60. The zero-order valence-electron chi connectivity index (χ0n) is 12.8. The summed E-state index contributed by atoms with van der Waals surface area (Å²) in [6, 6.07) is 8.26. The molecule has 1 aromatic rings. The summed E-state index contributed by atoms with van der Waals surface area (Å²) in [5, 5.41) is 0. The molecule has 0 fully saturated rings. The van der Waals surface area contributed by atoms with Gasteiger partial charge in [0.15, 0.2) is 0 Å². The Morgan fingerprint density at radius 2 is 1.90 bits per heavy atom. The van der Waals surface area contributed by atoms with Crippen LogP contribution in [0.1, 0.15) is 24.0 Å². The van der Waals surface area contributed by atoms with E-state index in [4.69, 9.17) is 22.7 Å². The molecule has 0 aromatic heterocycles. The summed E-state index contributed by atoms with van der Waals surface area (Å²) >= 11 is 4.87. The van der Waals surface area contributed by atoms with Gasteiger partial charge in [-0.1, -0.05) is 42.0 Å². The van der Waals surface area contributed by atoms with Gasteiger partial charge in [0.1, 0.15) is 0 Å². The van der Waals surface area contributed by atoms with Crippen LogP contribution in [0.5, 0.6) is 0 Å². The summed E-state index contributed by atoms with van der Waals surface area (Å²) in [5.74, 6) is 0.115. The summed E-state index contributed by atoms with van der Waals surface area (Å²) in [6.07, 6.45) is 1.79. The summed E-state index contributed by atoms with van der Waals surface area (Å²) in [6.45, 7) is 3.71. The van der Waals surface area contributed by atoms with E-state index in [1.54, 1.807) is 12.0 Å². The SMILES string of the molecule is COCCN(CCC(N)=S)C(=O)CCc1ccc(C)cc1. The lowest BCUT2D eigenvalue weighted by Crippen LogP contribution is -2.36. The number of nitrogens with two attached hydrogens (primary N) is 1. The Morgan fingerprint density at radius 3 is 2.48 bits per heavy atom. The molecule has 0 radical (unpaired) electrons. The molecule has 0 aliphatic rings. The van der Waals surface area contributed by atoms with Crippen molar-refractivity contribution in [2.45, 2.75) is 26.2 Å². The number of methoxy groups -OCH3 is 1. The van der Waals surface area contributed by atoms with E-state index >= 15 is 0 Å². The molecule has 0 aliphatic heterocycles. The van der Waals surface area contributed by atoms with Gasteiger partial charge in [-0.05, 0) is 18.9 Å². The van der Waals surface area contributed by atoms with Gasteiger partial charge in [-0.15, -0.1) is 0 Å². The van der Waals surface area contributed by atoms with Gasteiger partial charge < -0.3 is 15.4 Å². The topological polar surface area (TPSA) is 55.6 Å². The van der Waals surface area contributed by atoms with Crippen molar-refractivity contribution in [2.75, 3.05) is 26.8 Å². The molecule has 116 valence electrons. The molecule has 0 aliphatic carbocycles. The standard InChI is InChI=1S/C16H24N2O2S/c1-13-3-5-14(6-4-13)7-8-16(19)18(11-12-20-2)10-9-15(17)21/h3-6H,7-12H2,1-2H3,(H2,17,21). The third-order valence-corrected chi connectivity index (χ3v) is 3.50. The van der Waals surface area contributed by atoms with E-state index in [2.05, 4.69) is 31.2 Å². The van der Waals surface area contributed by atoms with E-state index < -0.39 is 0 Å². The molecular weight excluding hydrogens is 284 g/mol. The number of carbonyl (C=O) groups excluding carboxylic acids is 1. The van der Waals surface area contributed by atoms with Crippen molar-refractivity contribution in [3.05, 3.63) is 35.4 Å². The van der Waals surface area contributed by atoms with Gasteiger partial charge in [-0.2, -0.15) is 0 Å². The van der Waals surface area contributed by atoms with Gasteiger partial charge in [-0.3, -0.25) is 4.79 Å². The van der Waals surface area contributed by atoms with Crippen LogP contribution < -0.4 is 5.73 Å². The van der Waals surface area contributed by atoms with Crippen LogP contribution in [0.15, 0.2) is 24.3 Å². The summed E-state index contributed by atoms with van der Waals surface area (Å²) in [4.78, 5) is 14.5. The molecular formula is C16H24N2O2S. The van der Waals surface area contributed by atoms with Crippen LogP contribution >= 0.6 is 12.2 Å². The summed E-state index contributed by atoms with van der Waals surface area (Å²) < 4.78 is 5.05. The van der Waals surface area contributed by atoms with Gasteiger partial charge in [0.25, 0.3) is 0 Å². The van der Waals surface area contributed by atoms with E-state index in [1.165, 1.54) is 11.1 Å². The zero-order valence-corrected chi connectivity index (χ0v) is 13.6. The molecule has 21 heavy (non-hydrogen) atoms. The van der Waals surface area contributed by atoms with Crippen molar-refractivity contribution in [3.63, 3.8) is 0 Å². The third kappa shape index (κ3) is 7.20. The van der Waals surface area contributed by atoms with Gasteiger partial charge in [0.05, 0.1) is 11.6 Å². The second kappa shape index (κ2) is 9.47. The summed E-state index contributed by atoms with van der Waals surface area (Å²) in [5.41, 5.74) is 7.91. The quantitative estimate of drug-likeness (QED) is 0.710. The Bertz CT molecular complexity index is 460. The minimum atomic E-state index is 0.115. The van der Waals surface area contributed by atoms with Gasteiger partial charge >= 0.3 is 0 Å². The van der Waals surface area contributed by atoms with Crippen molar-refractivity contribution in [1.29, 1.82) is 0 Å². The highest BCUT2D eigenvalue weighted by Gasteiger charge is 2.13. The van der Waals surface area contributed by atoms with Crippen LogP contribution in [0.2, 0.25) is 0 Å². The zero-order chi connectivity index (χ0) is 15.7. The van der Waals surface area contributed by atoms with Crippen molar-refractivity contribution < 1.29 is 9.53 Å². The van der Waals surface area contributed by atoms with Crippen molar-refractivity contribution in [2.24, 2.45) is 5.73 Å². The number of hydrogen-bond acceptors (Lipinski definition) is 3. The maximum atomic E-state index is 12.3. The highest BCUT2D eigenvalue weighted by molar-refractivity contribution is 7.80. The molecule has 0 bridgehead atoms. The van der Waals surface area contributed by atoms with Crippen LogP contribution in [0.25, 0.3) is 0 Å². The molecule has 0 spiro atoms. The van der Waals surface area contributed by atoms with Crippen LogP contribution in [-0.4, -0.2) is 42.6 Å². The molecule has 0 heterocycles. The highest BCUT2D eigenvalue weighted by atomic mass is 32.1. The Morgan fingerprint density at radius 1 is 1.24 bits per heavy atom. The van der Waals surface area contributed by atoms with Crippen LogP contribution in [-0.2, 0) is 16.0 Å². The largest absolute Gasteiger partial charge is 0.393 e. The molecule has 1 aromatic carbocycles. The number of hydrogen-bond donors (Lipinski definition) is 1. The minimum absolute atomic E-state index is 0.115. The van der Waals surface area contributed by atoms with Gasteiger partial charge in [0, 0.05) is 33.0 Å². The Balaban J connectivity index is 2.50. The number of aryl methyl sites for hydroxylation is 2. The first-order valence-electron chi connectivity index (χ1n) is 7.13. The fourth-order valence-electron chi connectivity index (χ4n) is 1.97.